The molecule has 2 unspecified atom stereocenters. The van der Waals surface area contributed by atoms with Gasteiger partial charge in [-0.1, -0.05) is 13.3 Å². The molecule has 0 saturated carbocycles. The third-order valence-electron chi connectivity index (χ3n) is 3.94. The monoisotopic (exact) mass is 282 g/mol. The summed E-state index contributed by atoms with van der Waals surface area (Å²) >= 11 is 1.85. The fraction of sp³-hybridized carbons (Fsp3) is 0.800. The summed E-state index contributed by atoms with van der Waals surface area (Å²) in [5.74, 6) is 0.606. The Morgan fingerprint density at radius 2 is 2.32 bits per heavy atom. The molecular weight excluding hydrogens is 256 g/mol. The van der Waals surface area contributed by atoms with Gasteiger partial charge in [0.05, 0.1) is 10.7 Å². The molecule has 19 heavy (non-hydrogen) atoms. The Morgan fingerprint density at radius 1 is 1.47 bits per heavy atom. The smallest absolute Gasteiger partial charge is 0.0900 e. The minimum absolute atomic E-state index is 0.307. The lowest BCUT2D eigenvalue weighted by atomic mass is 9.95. The van der Waals surface area contributed by atoms with Crippen LogP contribution < -0.4 is 5.32 Å². The number of hydrogen-bond acceptors (Lipinski definition) is 4. The number of nitrogens with one attached hydrogen (secondary N) is 1. The van der Waals surface area contributed by atoms with Crippen LogP contribution in [0.1, 0.15) is 60.6 Å². The maximum atomic E-state index is 9.13. The first-order chi connectivity index (χ1) is 9.24. The van der Waals surface area contributed by atoms with E-state index in [1.54, 1.807) is 0 Å². The van der Waals surface area contributed by atoms with Gasteiger partial charge in [-0.15, -0.1) is 11.3 Å². The topological polar surface area (TPSA) is 45.1 Å². The van der Waals surface area contributed by atoms with Crippen molar-refractivity contribution in [1.82, 2.24) is 10.3 Å². The number of nitrogens with zero attached hydrogens (tertiary/aromatic N) is 1. The van der Waals surface area contributed by atoms with Crippen molar-refractivity contribution in [2.24, 2.45) is 5.92 Å². The standard InChI is InChI=1S/C15H26N2OS/c1-3-5-12(8-9-18)10-16-13-6-4-7-14-15(13)19-11(2)17-14/h12-13,16,18H,3-10H2,1-2H3. The van der Waals surface area contributed by atoms with Gasteiger partial charge in [0.15, 0.2) is 0 Å². The second kappa shape index (κ2) is 7.36. The molecule has 0 amide bonds. The Hall–Kier alpha value is -0.450. The minimum Gasteiger partial charge on any atom is -0.396 e. The van der Waals surface area contributed by atoms with E-state index in [4.69, 9.17) is 5.11 Å². The van der Waals surface area contributed by atoms with E-state index in [-0.39, 0.29) is 0 Å². The van der Waals surface area contributed by atoms with Gasteiger partial charge in [0.1, 0.15) is 0 Å². The molecule has 3 nitrogen and oxygen atoms in total. The van der Waals surface area contributed by atoms with Crippen LogP contribution >= 0.6 is 11.3 Å². The third kappa shape index (κ3) is 4.01. The van der Waals surface area contributed by atoms with Crippen LogP contribution in [0.3, 0.4) is 0 Å². The minimum atomic E-state index is 0.307. The molecule has 0 bridgehead atoms. The first kappa shape index (κ1) is 14.9. The molecule has 2 N–H and O–H groups in total. The number of hydrogen-bond donors (Lipinski definition) is 2. The van der Waals surface area contributed by atoms with Crippen molar-refractivity contribution in [1.29, 1.82) is 0 Å². The van der Waals surface area contributed by atoms with E-state index in [9.17, 15) is 0 Å². The van der Waals surface area contributed by atoms with Crippen LogP contribution in [0.4, 0.5) is 0 Å². The third-order valence-corrected chi connectivity index (χ3v) is 5.07. The number of fused-ring (bicyclic) bond motifs is 1. The largest absolute Gasteiger partial charge is 0.396 e. The van der Waals surface area contributed by atoms with E-state index >= 15 is 0 Å². The van der Waals surface area contributed by atoms with Crippen LogP contribution in [0.2, 0.25) is 0 Å². The molecule has 0 aliphatic heterocycles. The van der Waals surface area contributed by atoms with Crippen molar-refractivity contribution in [3.05, 3.63) is 15.6 Å². The van der Waals surface area contributed by atoms with Crippen molar-refractivity contribution < 1.29 is 5.11 Å². The number of aryl methyl sites for hydroxylation is 2. The van der Waals surface area contributed by atoms with Gasteiger partial charge in [-0.25, -0.2) is 4.98 Å². The Balaban J connectivity index is 1.92. The molecule has 2 rings (SSSR count). The summed E-state index contributed by atoms with van der Waals surface area (Å²) in [5.41, 5.74) is 1.32. The van der Waals surface area contributed by atoms with E-state index in [0.717, 1.165) is 19.4 Å². The molecule has 0 saturated heterocycles. The Bertz CT molecular complexity index is 385. The van der Waals surface area contributed by atoms with Crippen LogP contribution in [0.25, 0.3) is 0 Å². The molecule has 1 aliphatic rings. The summed E-state index contributed by atoms with van der Waals surface area (Å²) in [5, 5.41) is 14.0. The Labute approximate surface area is 120 Å². The first-order valence-electron chi connectivity index (χ1n) is 7.55. The van der Waals surface area contributed by atoms with Crippen molar-refractivity contribution in [3.63, 3.8) is 0 Å². The summed E-state index contributed by atoms with van der Waals surface area (Å²) in [6.07, 6.45) is 6.94. The van der Waals surface area contributed by atoms with Crippen molar-refractivity contribution in [3.8, 4) is 0 Å². The molecule has 1 aromatic heterocycles. The zero-order valence-electron chi connectivity index (χ0n) is 12.1. The van der Waals surface area contributed by atoms with Gasteiger partial charge in [-0.05, 0) is 51.5 Å². The highest BCUT2D eigenvalue weighted by Gasteiger charge is 2.24. The molecule has 1 aromatic rings. The maximum Gasteiger partial charge on any atom is 0.0900 e. The molecule has 0 aromatic carbocycles. The average Bonchev–Trinajstić information content (AvgIpc) is 2.77. The lowest BCUT2D eigenvalue weighted by molar-refractivity contribution is 0.244. The van der Waals surface area contributed by atoms with Crippen molar-refractivity contribution >= 4 is 11.3 Å². The summed E-state index contributed by atoms with van der Waals surface area (Å²) in [6, 6.07) is 0.494. The van der Waals surface area contributed by atoms with Gasteiger partial charge < -0.3 is 10.4 Å². The van der Waals surface area contributed by atoms with Crippen LogP contribution in [0, 0.1) is 12.8 Å². The number of aromatic nitrogens is 1. The fourth-order valence-corrected chi connectivity index (χ4v) is 4.07. The maximum absolute atomic E-state index is 9.13. The summed E-state index contributed by atoms with van der Waals surface area (Å²) in [4.78, 5) is 6.10. The fourth-order valence-electron chi connectivity index (χ4n) is 2.99. The molecule has 0 fully saturated rings. The highest BCUT2D eigenvalue weighted by atomic mass is 32.1. The molecule has 0 radical (unpaired) electrons. The normalized spacial score (nSPS) is 20.3. The molecule has 0 spiro atoms. The number of rotatable bonds is 7. The van der Waals surface area contributed by atoms with Gasteiger partial charge in [-0.3, -0.25) is 0 Å². The van der Waals surface area contributed by atoms with Gasteiger partial charge in [-0.2, -0.15) is 0 Å². The average molecular weight is 282 g/mol. The van der Waals surface area contributed by atoms with Gasteiger partial charge >= 0.3 is 0 Å². The van der Waals surface area contributed by atoms with Crippen LogP contribution in [0.15, 0.2) is 0 Å². The predicted molar refractivity (Wildman–Crippen MR) is 80.6 cm³/mol. The van der Waals surface area contributed by atoms with Gasteiger partial charge in [0.25, 0.3) is 0 Å². The van der Waals surface area contributed by atoms with Crippen molar-refractivity contribution in [2.75, 3.05) is 13.2 Å². The zero-order valence-corrected chi connectivity index (χ0v) is 12.9. The van der Waals surface area contributed by atoms with E-state index in [1.807, 2.05) is 11.3 Å². The highest BCUT2D eigenvalue weighted by Crippen LogP contribution is 2.34. The first-order valence-corrected chi connectivity index (χ1v) is 8.36. The number of aliphatic hydroxyl groups is 1. The van der Waals surface area contributed by atoms with Gasteiger partial charge in [0.2, 0.25) is 0 Å². The lowest BCUT2D eigenvalue weighted by Gasteiger charge is -2.25. The highest BCUT2D eigenvalue weighted by molar-refractivity contribution is 7.11. The van der Waals surface area contributed by atoms with Crippen molar-refractivity contribution in [2.45, 2.75) is 58.4 Å². The zero-order chi connectivity index (χ0) is 13.7. The van der Waals surface area contributed by atoms with E-state index in [0.29, 0.717) is 18.6 Å². The Morgan fingerprint density at radius 3 is 3.05 bits per heavy atom. The predicted octanol–water partition coefficient (Wildman–Crippen LogP) is 3.22. The Kier molecular flexibility index (Phi) is 5.79. The van der Waals surface area contributed by atoms with Gasteiger partial charge in [0, 0.05) is 17.5 Å². The van der Waals surface area contributed by atoms with E-state index in [1.165, 1.54) is 41.3 Å². The van der Waals surface area contributed by atoms with Crippen LogP contribution in [-0.2, 0) is 6.42 Å². The molecule has 108 valence electrons. The molecule has 2 atom stereocenters. The molecular formula is C15H26N2OS. The SMILES string of the molecule is CCCC(CCO)CNC1CCCc2nc(C)sc21. The molecule has 1 aliphatic carbocycles. The quantitative estimate of drug-likeness (QED) is 0.807. The number of thiazole rings is 1. The molecule has 1 heterocycles. The lowest BCUT2D eigenvalue weighted by Crippen LogP contribution is -2.29. The molecule has 4 heteroatoms. The van der Waals surface area contributed by atoms with Crippen LogP contribution in [-0.4, -0.2) is 23.2 Å². The summed E-state index contributed by atoms with van der Waals surface area (Å²) in [6.45, 7) is 5.65. The summed E-state index contributed by atoms with van der Waals surface area (Å²) < 4.78 is 0. The summed E-state index contributed by atoms with van der Waals surface area (Å²) in [7, 11) is 0. The van der Waals surface area contributed by atoms with Crippen LogP contribution in [0.5, 0.6) is 0 Å². The second-order valence-electron chi connectivity index (χ2n) is 5.56. The number of aliphatic hydroxyl groups excluding tert-OH is 1. The van der Waals surface area contributed by atoms with E-state index in [2.05, 4.69) is 24.1 Å². The second-order valence-corrected chi connectivity index (χ2v) is 6.80. The van der Waals surface area contributed by atoms with E-state index < -0.39 is 0 Å².